The lowest BCUT2D eigenvalue weighted by Gasteiger charge is -2.25. The van der Waals surface area contributed by atoms with E-state index in [4.69, 9.17) is 37.9 Å². The molecule has 4 aliphatic heterocycles. The first-order valence-electron chi connectivity index (χ1n) is 44.1. The largest absolute Gasteiger partial charge is 0.870 e. The number of sulfonamides is 4. The van der Waals surface area contributed by atoms with E-state index in [2.05, 4.69) is 26.0 Å². The van der Waals surface area contributed by atoms with Gasteiger partial charge < -0.3 is 89.0 Å². The van der Waals surface area contributed by atoms with Crippen LogP contribution in [0.25, 0.3) is 0 Å². The number of urea groups is 4. The van der Waals surface area contributed by atoms with Crippen molar-refractivity contribution in [2.75, 3.05) is 87.8 Å². The molecule has 12 amide bonds. The van der Waals surface area contributed by atoms with Gasteiger partial charge in [-0.05, 0) is 131 Å². The summed E-state index contributed by atoms with van der Waals surface area (Å²) < 4.78 is 169. The number of nitroso groups, excluding NO2 is 1. The molecule has 0 spiro atoms. The first-order chi connectivity index (χ1) is 69.5. The van der Waals surface area contributed by atoms with Crippen LogP contribution in [0.4, 0.5) is 52.0 Å². The molecule has 10 N–H and O–H groups in total. The molecule has 762 valence electrons. The van der Waals surface area contributed by atoms with Crippen molar-refractivity contribution in [2.24, 2.45) is 0 Å². The van der Waals surface area contributed by atoms with Crippen LogP contribution in [0.3, 0.4) is 0 Å². The summed E-state index contributed by atoms with van der Waals surface area (Å²) in [6, 6.07) is 70.8. The molecule has 4 aliphatic rings. The van der Waals surface area contributed by atoms with Crippen LogP contribution in [-0.2, 0) is 96.1 Å². The van der Waals surface area contributed by atoms with Gasteiger partial charge in [-0.15, -0.1) is 0 Å². The monoisotopic (exact) mass is 2080 g/mol. The second-order valence-corrected chi connectivity index (χ2v) is 39.0. The zero-order valence-electron chi connectivity index (χ0n) is 78.4. The average molecular weight is 2080 g/mol. The van der Waals surface area contributed by atoms with E-state index in [1.165, 1.54) is 82.2 Å². The Hall–Kier alpha value is -17.2. The van der Waals surface area contributed by atoms with Crippen LogP contribution in [0.15, 0.2) is 312 Å². The Morgan fingerprint density at radius 2 is 0.603 bits per heavy atom. The van der Waals surface area contributed by atoms with Gasteiger partial charge in [0.1, 0.15) is 34.9 Å². The maximum absolute atomic E-state index is 13.5. The van der Waals surface area contributed by atoms with E-state index in [9.17, 15) is 86.1 Å². The molecule has 4 atom stereocenters. The number of nitrogens with one attached hydrogen (secondary N) is 9. The fourth-order valence-electron chi connectivity index (χ4n) is 14.7. The summed E-state index contributed by atoms with van der Waals surface area (Å²) in [6.45, 7) is 0.340. The number of fused-ring (bicyclic) bond motifs is 4. The molecule has 0 saturated heterocycles. The molecule has 146 heavy (non-hydrogen) atoms. The Kier molecular flexibility index (Phi) is 36.4. The molecule has 4 heterocycles. The van der Waals surface area contributed by atoms with Crippen LogP contribution in [0.5, 0.6) is 46.0 Å². The van der Waals surface area contributed by atoms with E-state index >= 15 is 0 Å². The van der Waals surface area contributed by atoms with Crippen molar-refractivity contribution in [3.8, 4) is 46.0 Å². The number of carbonyl (C=O) groups excluding carboxylic acids is 9. The predicted molar refractivity (Wildman–Crippen MR) is 528 cm³/mol. The highest BCUT2D eigenvalue weighted by molar-refractivity contribution is 7.91. The Morgan fingerprint density at radius 1 is 0.336 bits per heavy atom. The number of anilines is 4. The van der Waals surface area contributed by atoms with Gasteiger partial charge in [-0.2, -0.15) is 0 Å². The minimum absolute atomic E-state index is 0. The topological polar surface area (TPSA) is 543 Å². The molecule has 41 nitrogen and oxygen atoms in total. The number of esters is 1. The summed E-state index contributed by atoms with van der Waals surface area (Å²) in [5, 5.41) is 11.6. The molecule has 0 unspecified atom stereocenters. The van der Waals surface area contributed by atoms with Crippen molar-refractivity contribution in [3.05, 3.63) is 341 Å². The van der Waals surface area contributed by atoms with Gasteiger partial charge in [-0.1, -0.05) is 164 Å². The van der Waals surface area contributed by atoms with E-state index in [0.717, 1.165) is 59.2 Å². The van der Waals surface area contributed by atoms with Crippen LogP contribution < -0.4 is 103 Å². The second kappa shape index (κ2) is 49.4. The van der Waals surface area contributed by atoms with Gasteiger partial charge in [-0.3, -0.25) is 19.2 Å². The summed E-state index contributed by atoms with van der Waals surface area (Å²) in [7, 11) is -9.65. The summed E-state index contributed by atoms with van der Waals surface area (Å²) in [5.41, 5.74) is 5.86. The molecule has 12 aromatic carbocycles. The normalized spacial score (nSPS) is 12.9. The van der Waals surface area contributed by atoms with Crippen molar-refractivity contribution in [1.29, 1.82) is 0 Å². The minimum Gasteiger partial charge on any atom is -0.870 e. The predicted octanol–water partition coefficient (Wildman–Crippen LogP) is 9.12. The van der Waals surface area contributed by atoms with Crippen LogP contribution in [0, 0.1) is 10.7 Å². The molecule has 46 heteroatoms. The standard InChI is InChI=1S/C26H25N3O8S.C26H27N3O6S.C24H22FN3O6S.C24H22N4O7S.H2O/c1-29(18-12-13-21-22(15-18)37-16-36-21)24(30)20(14-17-8-4-3-5-9-17)27-26(32)28-38(33,34)23-11-7-6-10-19(23)25(31)35-2;1-29(21-12-13-23-24(17-21)35-18-34-23)25(30)22(16-20-10-6-3-7-11-20)27-26(31)28-36(32,33)15-14-19-8-4-2-5-9-19;1-28(18-9-12-21-22(14-18)34-15-33-21)23(29)20(13-16-5-3-2-4-6-16)26-24(30)27-35(31,32)19-10-7-17(25)8-11-19;1-28(18-9-12-21-22(14-18)35-15-34-21)23(29)20(13-16-5-3-2-4-6-16)25-24(30)27-36(32,33)19-10-7-17(26-31)8-11-19;/h3-13,15,20H,14,16H2,1-2H3,(H2,27,28,32);2-13,17,22H,14-16,18H2,1H3,(H2,27,28,31);2-12,14,20H,13,15H2,1H3,(H2,26,27,30);2-12,14,20H,13,15H2,1H3,(H2,25,27,30);1H2/t20-;22-;2*20-;/m0000./s1. The number of ether oxygens (including phenoxy) is 9. The molecular formula is C100H98FN13O28S4. The number of hydrogen-bond donors (Lipinski definition) is 9. The van der Waals surface area contributed by atoms with E-state index in [0.29, 0.717) is 68.7 Å². The fourth-order valence-corrected chi connectivity index (χ4v) is 18.6. The number of halogens is 1. The Morgan fingerprint density at radius 3 is 0.904 bits per heavy atom. The number of likely N-dealkylation sites (N-methyl/N-ethyl adjacent to an activating group) is 4. The molecule has 16 rings (SSSR count). The van der Waals surface area contributed by atoms with Gasteiger partial charge in [0.2, 0.25) is 60.8 Å². The third-order valence-electron chi connectivity index (χ3n) is 22.3. The Labute approximate surface area is 838 Å². The molecule has 0 bridgehead atoms. The molecule has 0 radical (unpaired) electrons. The quantitative estimate of drug-likeness (QED) is 0.0177. The van der Waals surface area contributed by atoms with Gasteiger partial charge in [0, 0.05) is 123 Å². The van der Waals surface area contributed by atoms with Gasteiger partial charge in [0.25, 0.3) is 35.8 Å². The van der Waals surface area contributed by atoms with Crippen molar-refractivity contribution in [1.82, 2.24) is 40.2 Å². The SMILES string of the molecule is CN(C(=O)[C@H](Cc1ccccc1)NC(=O)NS(=O)(=O)CCc1ccccc1)c1ccc2c(c1)OCO2.CN(C(=O)[C@H](Cc1ccccc1)NC(=O)NS(=O)(=O)c1ccc(F)cc1)c1ccc2c(c1)OCO2.CN(C(=O)[C@H](Cc1ccccc1)NC(=O)NS(=O)(=O)c1ccc([NH+]=O)cc1)c1ccc2c(c1)OCO2.COC(=O)c1ccccc1S(=O)(=O)NC(=O)N[C@@H](Cc1ccccc1)C(=O)N(C)c1ccc2c(c1)OCO2.[OH-]. The van der Waals surface area contributed by atoms with Gasteiger partial charge in [0.05, 0.1) is 28.2 Å². The molecular weight excluding hydrogens is 1980 g/mol. The van der Waals surface area contributed by atoms with Crippen LogP contribution in [0.1, 0.15) is 38.2 Å². The minimum atomic E-state index is -4.49. The first-order valence-corrected chi connectivity index (χ1v) is 50.2. The maximum atomic E-state index is 13.5. The molecule has 0 fully saturated rings. The zero-order chi connectivity index (χ0) is 104. The van der Waals surface area contributed by atoms with Crippen LogP contribution in [0.2, 0.25) is 0 Å². The fraction of sp³-hybridized carbons (Fsp3) is 0.190. The van der Waals surface area contributed by atoms with E-state index < -0.39 is 129 Å². The Bertz CT molecular complexity index is 7200. The van der Waals surface area contributed by atoms with Gasteiger partial charge in [0.15, 0.2) is 46.0 Å². The van der Waals surface area contributed by atoms with Gasteiger partial charge in [-0.25, -0.2) is 80.9 Å². The molecule has 12 aromatic rings. The number of nitrogens with zero attached hydrogens (tertiary/aromatic N) is 4. The second-order valence-electron chi connectivity index (χ2n) is 32.1. The van der Waals surface area contributed by atoms with Gasteiger partial charge >= 0.3 is 30.1 Å². The van der Waals surface area contributed by atoms with Crippen LogP contribution in [-0.4, -0.2) is 185 Å². The number of rotatable bonds is 32. The van der Waals surface area contributed by atoms with E-state index in [1.807, 2.05) is 97.8 Å². The average Bonchev–Trinajstić information content (AvgIpc) is 1.04. The first kappa shape index (κ1) is 108. The third kappa shape index (κ3) is 29.3. The van der Waals surface area contributed by atoms with Crippen molar-refractivity contribution < 1.29 is 134 Å². The number of aryl methyl sites for hydroxylation is 1. The van der Waals surface area contributed by atoms with E-state index in [-0.39, 0.29) is 91.5 Å². The highest BCUT2D eigenvalue weighted by Gasteiger charge is 2.36. The number of methoxy groups -OCH3 is 1. The lowest BCUT2D eigenvalue weighted by molar-refractivity contribution is -0.379. The van der Waals surface area contributed by atoms with Crippen molar-refractivity contribution >= 4 is 122 Å². The molecule has 0 aliphatic carbocycles. The molecule has 0 aromatic heterocycles. The van der Waals surface area contributed by atoms with E-state index in [1.54, 1.807) is 165 Å². The highest BCUT2D eigenvalue weighted by Crippen LogP contribution is 2.40. The summed E-state index contributed by atoms with van der Waals surface area (Å²) in [5.74, 6) is 0.554. The smallest absolute Gasteiger partial charge is 0.339 e. The summed E-state index contributed by atoms with van der Waals surface area (Å²) in [6.07, 6.45) is 0.736. The lowest BCUT2D eigenvalue weighted by Crippen LogP contribution is -2.55. The number of benzene rings is 12. The molecule has 0 saturated carbocycles. The van der Waals surface area contributed by atoms with Crippen molar-refractivity contribution in [3.63, 3.8) is 0 Å². The highest BCUT2D eigenvalue weighted by atomic mass is 32.2. The van der Waals surface area contributed by atoms with Crippen LogP contribution >= 0.6 is 0 Å². The van der Waals surface area contributed by atoms with Crippen molar-refractivity contribution in [2.45, 2.75) is 71.0 Å². The summed E-state index contributed by atoms with van der Waals surface area (Å²) >= 11 is 0. The lowest BCUT2D eigenvalue weighted by atomic mass is 10.0. The summed E-state index contributed by atoms with van der Waals surface area (Å²) in [4.78, 5) is 132. The maximum Gasteiger partial charge on any atom is 0.339 e. The third-order valence-corrected chi connectivity index (χ3v) is 27.6. The number of carbonyl (C=O) groups is 9. The number of amides is 12. The Balaban J connectivity index is 0.000000173. The number of hydrogen-bond acceptors (Lipinski definition) is 28. The zero-order valence-corrected chi connectivity index (χ0v) is 81.7.